The summed E-state index contributed by atoms with van der Waals surface area (Å²) >= 11 is 0. The molecule has 10 heteroatoms. The fourth-order valence-corrected chi connectivity index (χ4v) is 5.01. The van der Waals surface area contributed by atoms with Crippen LogP contribution >= 0.6 is 0 Å². The van der Waals surface area contributed by atoms with Gasteiger partial charge in [0, 0.05) is 37.6 Å². The molecule has 0 aliphatic carbocycles. The van der Waals surface area contributed by atoms with Crippen LogP contribution in [0.3, 0.4) is 0 Å². The lowest BCUT2D eigenvalue weighted by molar-refractivity contribution is 0.0515. The Morgan fingerprint density at radius 2 is 1.77 bits per heavy atom. The molecule has 3 heterocycles. The third-order valence-corrected chi connectivity index (χ3v) is 7.10. The van der Waals surface area contributed by atoms with Crippen molar-refractivity contribution in [2.24, 2.45) is 0 Å². The van der Waals surface area contributed by atoms with Crippen molar-refractivity contribution < 1.29 is 22.7 Å². The van der Waals surface area contributed by atoms with Crippen LogP contribution in [0.1, 0.15) is 23.2 Å². The van der Waals surface area contributed by atoms with Gasteiger partial charge in [0.25, 0.3) is 5.91 Å². The summed E-state index contributed by atoms with van der Waals surface area (Å²) < 4.78 is 37.9. The monoisotopic (exact) mass is 432 g/mol. The minimum Gasteiger partial charge on any atom is -0.458 e. The second-order valence-corrected chi connectivity index (χ2v) is 9.14. The molecule has 1 amide bonds. The molecule has 1 atom stereocenters. The van der Waals surface area contributed by atoms with Crippen molar-refractivity contribution in [1.29, 1.82) is 0 Å². The molecular formula is C20H24N4O5S. The zero-order valence-corrected chi connectivity index (χ0v) is 17.3. The molecule has 0 N–H and O–H groups in total. The lowest BCUT2D eigenvalue weighted by Crippen LogP contribution is -2.44. The van der Waals surface area contributed by atoms with Gasteiger partial charge in [0.1, 0.15) is 6.10 Å². The van der Waals surface area contributed by atoms with Gasteiger partial charge in [-0.15, -0.1) is 0 Å². The minimum absolute atomic E-state index is 0.146. The lowest BCUT2D eigenvalue weighted by atomic mass is 10.1. The molecule has 2 aliphatic rings. The highest BCUT2D eigenvalue weighted by molar-refractivity contribution is 7.89. The fourth-order valence-electron chi connectivity index (χ4n) is 3.60. The van der Waals surface area contributed by atoms with Crippen molar-refractivity contribution in [3.05, 3.63) is 48.3 Å². The van der Waals surface area contributed by atoms with Gasteiger partial charge in [0.2, 0.25) is 10.0 Å². The van der Waals surface area contributed by atoms with Crippen LogP contribution in [0.2, 0.25) is 0 Å². The Morgan fingerprint density at radius 1 is 1.07 bits per heavy atom. The number of carbonyl (C=O) groups excluding carboxylic acids is 1. The van der Waals surface area contributed by atoms with E-state index in [1.807, 2.05) is 0 Å². The first-order valence-electron chi connectivity index (χ1n) is 9.95. The van der Waals surface area contributed by atoms with Crippen molar-refractivity contribution >= 4 is 15.9 Å². The van der Waals surface area contributed by atoms with Gasteiger partial charge in [-0.3, -0.25) is 4.79 Å². The van der Waals surface area contributed by atoms with Gasteiger partial charge < -0.3 is 14.4 Å². The first-order chi connectivity index (χ1) is 14.5. The number of sulfonamides is 1. The Labute approximate surface area is 175 Å². The van der Waals surface area contributed by atoms with Crippen LogP contribution in [0.25, 0.3) is 0 Å². The van der Waals surface area contributed by atoms with E-state index in [0.717, 1.165) is 12.8 Å². The van der Waals surface area contributed by atoms with Gasteiger partial charge in [-0.1, -0.05) is 0 Å². The maximum Gasteiger partial charge on any atom is 0.316 e. The van der Waals surface area contributed by atoms with E-state index >= 15 is 0 Å². The van der Waals surface area contributed by atoms with Crippen LogP contribution in [-0.2, 0) is 14.8 Å². The van der Waals surface area contributed by atoms with E-state index in [9.17, 15) is 13.2 Å². The Bertz CT molecular complexity index is 962. The Kier molecular flexibility index (Phi) is 6.26. The second kappa shape index (κ2) is 9.07. The maximum absolute atomic E-state index is 12.9. The molecule has 1 aromatic carbocycles. The summed E-state index contributed by atoms with van der Waals surface area (Å²) in [5.74, 6) is -0.146. The molecule has 30 heavy (non-hydrogen) atoms. The van der Waals surface area contributed by atoms with E-state index < -0.39 is 10.0 Å². The predicted octanol–water partition coefficient (Wildman–Crippen LogP) is 1.18. The van der Waals surface area contributed by atoms with E-state index in [1.165, 1.54) is 16.4 Å². The quantitative estimate of drug-likeness (QED) is 0.699. The normalized spacial score (nSPS) is 20.7. The number of ether oxygens (including phenoxy) is 2. The van der Waals surface area contributed by atoms with Crippen LogP contribution in [0, 0.1) is 0 Å². The van der Waals surface area contributed by atoms with E-state index in [-0.39, 0.29) is 16.9 Å². The molecule has 0 bridgehead atoms. The van der Waals surface area contributed by atoms with Gasteiger partial charge >= 0.3 is 6.01 Å². The number of carbonyl (C=O) groups is 1. The molecule has 0 spiro atoms. The molecule has 9 nitrogen and oxygen atoms in total. The molecule has 4 rings (SSSR count). The largest absolute Gasteiger partial charge is 0.458 e. The van der Waals surface area contributed by atoms with E-state index in [2.05, 4.69) is 9.97 Å². The van der Waals surface area contributed by atoms with E-state index in [4.69, 9.17) is 9.47 Å². The van der Waals surface area contributed by atoms with Crippen LogP contribution < -0.4 is 4.74 Å². The highest BCUT2D eigenvalue weighted by atomic mass is 32.2. The number of nitrogens with zero attached hydrogens (tertiary/aromatic N) is 4. The molecule has 2 saturated heterocycles. The Balaban J connectivity index is 1.41. The number of aromatic nitrogens is 2. The first-order valence-corrected chi connectivity index (χ1v) is 11.4. The topological polar surface area (TPSA) is 102 Å². The van der Waals surface area contributed by atoms with Gasteiger partial charge in [0.15, 0.2) is 0 Å². The van der Waals surface area contributed by atoms with Crippen LogP contribution in [0.5, 0.6) is 6.01 Å². The SMILES string of the molecule is O=C(c1ccc(S(=O)(=O)N2CCOCC2)cc1)N1CCCC(Oc2ncccn2)C1. The zero-order valence-electron chi connectivity index (χ0n) is 16.5. The maximum atomic E-state index is 12.9. The Morgan fingerprint density at radius 3 is 2.47 bits per heavy atom. The second-order valence-electron chi connectivity index (χ2n) is 7.21. The third kappa shape index (κ3) is 4.61. The lowest BCUT2D eigenvalue weighted by Gasteiger charge is -2.32. The molecule has 2 fully saturated rings. The van der Waals surface area contributed by atoms with Crippen molar-refractivity contribution in [1.82, 2.24) is 19.2 Å². The average Bonchev–Trinajstić information content (AvgIpc) is 2.80. The molecule has 1 unspecified atom stereocenters. The summed E-state index contributed by atoms with van der Waals surface area (Å²) in [6, 6.07) is 8.14. The van der Waals surface area contributed by atoms with Gasteiger partial charge in [0.05, 0.1) is 24.7 Å². The number of likely N-dealkylation sites (tertiary alicyclic amines) is 1. The van der Waals surface area contributed by atoms with Crippen LogP contribution in [0.4, 0.5) is 0 Å². The molecule has 1 aromatic heterocycles. The summed E-state index contributed by atoms with van der Waals surface area (Å²) in [5, 5.41) is 0. The number of rotatable bonds is 5. The van der Waals surface area contributed by atoms with Crippen LogP contribution in [0.15, 0.2) is 47.6 Å². The van der Waals surface area contributed by atoms with Crippen molar-refractivity contribution in [2.45, 2.75) is 23.8 Å². The van der Waals surface area contributed by atoms with E-state index in [1.54, 1.807) is 35.5 Å². The highest BCUT2D eigenvalue weighted by Gasteiger charge is 2.28. The summed E-state index contributed by atoms with van der Waals surface area (Å²) in [6.45, 7) is 2.52. The molecule has 160 valence electrons. The number of piperidine rings is 1. The molecule has 0 radical (unpaired) electrons. The smallest absolute Gasteiger partial charge is 0.316 e. The number of amides is 1. The minimum atomic E-state index is -3.58. The van der Waals surface area contributed by atoms with Crippen molar-refractivity contribution in [3.63, 3.8) is 0 Å². The summed E-state index contributed by atoms with van der Waals surface area (Å²) in [7, 11) is -3.58. The predicted molar refractivity (Wildman–Crippen MR) is 108 cm³/mol. The Hall–Kier alpha value is -2.56. The summed E-state index contributed by atoms with van der Waals surface area (Å²) in [5.41, 5.74) is 0.451. The van der Waals surface area contributed by atoms with Gasteiger partial charge in [-0.25, -0.2) is 18.4 Å². The fraction of sp³-hybridized carbons (Fsp3) is 0.450. The van der Waals surface area contributed by atoms with Gasteiger partial charge in [-0.2, -0.15) is 4.31 Å². The molecule has 2 aromatic rings. The third-order valence-electron chi connectivity index (χ3n) is 5.19. The number of morpholine rings is 1. The highest BCUT2D eigenvalue weighted by Crippen LogP contribution is 2.20. The average molecular weight is 433 g/mol. The zero-order chi connectivity index (χ0) is 21.0. The van der Waals surface area contributed by atoms with Gasteiger partial charge in [-0.05, 0) is 43.2 Å². The first kappa shape index (κ1) is 20.7. The van der Waals surface area contributed by atoms with Crippen molar-refractivity contribution in [2.75, 3.05) is 39.4 Å². The summed E-state index contributed by atoms with van der Waals surface area (Å²) in [4.78, 5) is 23.0. The standard InChI is InChI=1S/C20H24N4O5S/c25-19(23-10-1-3-17(15-23)29-20-21-8-2-9-22-20)16-4-6-18(7-5-16)30(26,27)24-11-13-28-14-12-24/h2,4-9,17H,1,3,10-15H2. The molecule has 0 saturated carbocycles. The molecule has 2 aliphatic heterocycles. The summed E-state index contributed by atoms with van der Waals surface area (Å²) in [6.07, 6.45) is 4.68. The van der Waals surface area contributed by atoms with E-state index in [0.29, 0.717) is 51.0 Å². The molecular weight excluding hydrogens is 408 g/mol. The number of benzene rings is 1. The number of hydrogen-bond donors (Lipinski definition) is 0. The number of hydrogen-bond acceptors (Lipinski definition) is 7. The van der Waals surface area contributed by atoms with Crippen LogP contribution in [-0.4, -0.2) is 79.0 Å². The van der Waals surface area contributed by atoms with Crippen molar-refractivity contribution in [3.8, 4) is 6.01 Å².